The average Bonchev–Trinajstić information content (AvgIpc) is 2.47. The Morgan fingerprint density at radius 1 is 1.64 bits per heavy atom. The van der Waals surface area contributed by atoms with Gasteiger partial charge in [0.05, 0.1) is 12.6 Å². The summed E-state index contributed by atoms with van der Waals surface area (Å²) in [5.41, 5.74) is 2.10. The molecule has 0 aliphatic heterocycles. The van der Waals surface area contributed by atoms with Crippen molar-refractivity contribution >= 4 is 5.97 Å². The van der Waals surface area contributed by atoms with Gasteiger partial charge >= 0.3 is 5.97 Å². The number of aromatic nitrogens is 2. The molecule has 4 heteroatoms. The summed E-state index contributed by atoms with van der Waals surface area (Å²) in [6.07, 6.45) is 3.44. The monoisotopic (exact) mass is 196 g/mol. The fourth-order valence-corrected chi connectivity index (χ4v) is 1.40. The smallest absolute Gasteiger partial charge is 0.303 e. The number of nitrogens with one attached hydrogen (secondary N) is 1. The van der Waals surface area contributed by atoms with E-state index in [1.807, 2.05) is 0 Å². The lowest BCUT2D eigenvalue weighted by atomic mass is 10.0. The Bertz CT molecular complexity index is 305. The van der Waals surface area contributed by atoms with Gasteiger partial charge in [-0.1, -0.05) is 13.8 Å². The average molecular weight is 196 g/mol. The zero-order valence-corrected chi connectivity index (χ0v) is 8.58. The van der Waals surface area contributed by atoms with Gasteiger partial charge in [0.2, 0.25) is 0 Å². The highest BCUT2D eigenvalue weighted by atomic mass is 16.4. The van der Waals surface area contributed by atoms with Crippen molar-refractivity contribution in [2.24, 2.45) is 5.92 Å². The van der Waals surface area contributed by atoms with E-state index in [0.717, 1.165) is 17.7 Å². The van der Waals surface area contributed by atoms with E-state index in [9.17, 15) is 4.79 Å². The molecule has 1 rings (SSSR count). The highest BCUT2D eigenvalue weighted by Gasteiger charge is 2.08. The first-order valence-electron chi connectivity index (χ1n) is 4.82. The maximum Gasteiger partial charge on any atom is 0.303 e. The molecular formula is C10H16N2O2. The molecule has 78 valence electrons. The molecule has 0 aliphatic carbocycles. The number of carbonyl (C=O) groups is 1. The number of hydrogen-bond donors (Lipinski definition) is 2. The van der Waals surface area contributed by atoms with Crippen LogP contribution in [0, 0.1) is 5.92 Å². The van der Waals surface area contributed by atoms with Gasteiger partial charge < -0.3 is 5.11 Å². The first-order valence-corrected chi connectivity index (χ1v) is 4.82. The van der Waals surface area contributed by atoms with Gasteiger partial charge in [0.25, 0.3) is 0 Å². The van der Waals surface area contributed by atoms with Gasteiger partial charge in [0.1, 0.15) is 0 Å². The van der Waals surface area contributed by atoms with Gasteiger partial charge in [-0.05, 0) is 24.3 Å². The topological polar surface area (TPSA) is 66.0 Å². The SMILES string of the molecule is CC(C)Cc1cn[nH]c1CCC(=O)O. The van der Waals surface area contributed by atoms with Crippen LogP contribution in [0.4, 0.5) is 0 Å². The van der Waals surface area contributed by atoms with Gasteiger partial charge in [0, 0.05) is 5.69 Å². The molecule has 1 heterocycles. The van der Waals surface area contributed by atoms with Crippen molar-refractivity contribution < 1.29 is 9.90 Å². The molecule has 1 aromatic rings. The van der Waals surface area contributed by atoms with E-state index < -0.39 is 5.97 Å². The van der Waals surface area contributed by atoms with Gasteiger partial charge in [0.15, 0.2) is 0 Å². The Kier molecular flexibility index (Phi) is 3.68. The fourth-order valence-electron chi connectivity index (χ4n) is 1.40. The van der Waals surface area contributed by atoms with E-state index in [1.54, 1.807) is 6.20 Å². The predicted molar refractivity (Wildman–Crippen MR) is 53.1 cm³/mol. The molecule has 4 nitrogen and oxygen atoms in total. The Morgan fingerprint density at radius 2 is 2.36 bits per heavy atom. The molecule has 0 aliphatic rings. The van der Waals surface area contributed by atoms with Crippen molar-refractivity contribution in [1.29, 1.82) is 0 Å². The summed E-state index contributed by atoms with van der Waals surface area (Å²) in [5, 5.41) is 15.3. The molecule has 0 radical (unpaired) electrons. The number of H-pyrrole nitrogens is 1. The Balaban J connectivity index is 2.58. The maximum absolute atomic E-state index is 10.4. The van der Waals surface area contributed by atoms with Crippen molar-refractivity contribution in [3.63, 3.8) is 0 Å². The molecule has 0 atom stereocenters. The standard InChI is InChI=1S/C10H16N2O2/c1-7(2)5-8-6-11-12-9(8)3-4-10(13)14/h6-7H,3-5H2,1-2H3,(H,11,12)(H,13,14). The van der Waals surface area contributed by atoms with E-state index >= 15 is 0 Å². The number of aromatic amines is 1. The summed E-state index contributed by atoms with van der Waals surface area (Å²) in [6.45, 7) is 4.27. The van der Waals surface area contributed by atoms with Crippen LogP contribution in [0.5, 0.6) is 0 Å². The van der Waals surface area contributed by atoms with E-state index in [1.165, 1.54) is 0 Å². The van der Waals surface area contributed by atoms with Crippen LogP contribution in [0.2, 0.25) is 0 Å². The second-order valence-electron chi connectivity index (χ2n) is 3.87. The van der Waals surface area contributed by atoms with Crippen LogP contribution >= 0.6 is 0 Å². The normalized spacial score (nSPS) is 10.8. The second kappa shape index (κ2) is 4.79. The molecule has 14 heavy (non-hydrogen) atoms. The van der Waals surface area contributed by atoms with Crippen molar-refractivity contribution in [3.8, 4) is 0 Å². The molecule has 0 aromatic carbocycles. The minimum absolute atomic E-state index is 0.160. The molecule has 0 bridgehead atoms. The van der Waals surface area contributed by atoms with Gasteiger partial charge in [-0.15, -0.1) is 0 Å². The van der Waals surface area contributed by atoms with Crippen LogP contribution in [-0.2, 0) is 17.6 Å². The number of carboxylic acid groups (broad SMARTS) is 1. The molecule has 0 spiro atoms. The summed E-state index contributed by atoms with van der Waals surface area (Å²) < 4.78 is 0. The first-order chi connectivity index (χ1) is 6.59. The lowest BCUT2D eigenvalue weighted by Gasteiger charge is -2.04. The van der Waals surface area contributed by atoms with Gasteiger partial charge in [-0.25, -0.2) is 0 Å². The number of aliphatic carboxylic acids is 1. The Hall–Kier alpha value is -1.32. The Labute approximate surface area is 83.3 Å². The number of nitrogens with zero attached hydrogens (tertiary/aromatic N) is 1. The zero-order valence-electron chi connectivity index (χ0n) is 8.58. The summed E-state index contributed by atoms with van der Waals surface area (Å²) in [4.78, 5) is 10.4. The molecular weight excluding hydrogens is 180 g/mol. The van der Waals surface area contributed by atoms with Crippen molar-refractivity contribution in [2.45, 2.75) is 33.1 Å². The van der Waals surface area contributed by atoms with Crippen LogP contribution in [0.3, 0.4) is 0 Å². The minimum atomic E-state index is -0.768. The zero-order chi connectivity index (χ0) is 10.6. The van der Waals surface area contributed by atoms with Crippen LogP contribution in [0.1, 0.15) is 31.5 Å². The molecule has 2 N–H and O–H groups in total. The van der Waals surface area contributed by atoms with E-state index in [-0.39, 0.29) is 6.42 Å². The quantitative estimate of drug-likeness (QED) is 0.752. The van der Waals surface area contributed by atoms with Crippen LogP contribution < -0.4 is 0 Å². The largest absolute Gasteiger partial charge is 0.481 e. The summed E-state index contributed by atoms with van der Waals surface area (Å²) in [6, 6.07) is 0. The summed E-state index contributed by atoms with van der Waals surface area (Å²) in [5.74, 6) is -0.203. The van der Waals surface area contributed by atoms with Crippen LogP contribution in [-0.4, -0.2) is 21.3 Å². The third-order valence-electron chi connectivity index (χ3n) is 2.02. The number of rotatable bonds is 5. The van der Waals surface area contributed by atoms with E-state index in [0.29, 0.717) is 12.3 Å². The number of carboxylic acids is 1. The first kappa shape index (κ1) is 10.8. The Morgan fingerprint density at radius 3 is 2.93 bits per heavy atom. The maximum atomic E-state index is 10.4. The molecule has 0 saturated carbocycles. The summed E-state index contributed by atoms with van der Waals surface area (Å²) in [7, 11) is 0. The van der Waals surface area contributed by atoms with Crippen molar-refractivity contribution in [2.75, 3.05) is 0 Å². The summed E-state index contributed by atoms with van der Waals surface area (Å²) >= 11 is 0. The molecule has 0 amide bonds. The molecule has 1 aromatic heterocycles. The van der Waals surface area contributed by atoms with Gasteiger partial charge in [-0.3, -0.25) is 9.89 Å². The third kappa shape index (κ3) is 3.20. The highest BCUT2D eigenvalue weighted by Crippen LogP contribution is 2.12. The van der Waals surface area contributed by atoms with Gasteiger partial charge in [-0.2, -0.15) is 5.10 Å². The third-order valence-corrected chi connectivity index (χ3v) is 2.02. The molecule has 0 unspecified atom stereocenters. The number of hydrogen-bond acceptors (Lipinski definition) is 2. The van der Waals surface area contributed by atoms with Crippen LogP contribution in [0.15, 0.2) is 6.20 Å². The van der Waals surface area contributed by atoms with Crippen molar-refractivity contribution in [3.05, 3.63) is 17.5 Å². The molecule has 0 fully saturated rings. The second-order valence-corrected chi connectivity index (χ2v) is 3.87. The fraction of sp³-hybridized carbons (Fsp3) is 0.600. The lowest BCUT2D eigenvalue weighted by molar-refractivity contribution is -0.136. The van der Waals surface area contributed by atoms with Crippen LogP contribution in [0.25, 0.3) is 0 Å². The molecule has 0 saturated heterocycles. The lowest BCUT2D eigenvalue weighted by Crippen LogP contribution is -2.02. The van der Waals surface area contributed by atoms with E-state index in [2.05, 4.69) is 24.0 Å². The minimum Gasteiger partial charge on any atom is -0.481 e. The predicted octanol–water partition coefficient (Wildman–Crippen LogP) is 1.63. The highest BCUT2D eigenvalue weighted by molar-refractivity contribution is 5.67. The number of aryl methyl sites for hydroxylation is 1. The van der Waals surface area contributed by atoms with Crippen molar-refractivity contribution in [1.82, 2.24) is 10.2 Å². The van der Waals surface area contributed by atoms with E-state index in [4.69, 9.17) is 5.11 Å².